The van der Waals surface area contributed by atoms with Gasteiger partial charge < -0.3 is 68.3 Å². The van der Waals surface area contributed by atoms with Crippen LogP contribution >= 0.6 is 0 Å². The lowest BCUT2D eigenvalue weighted by atomic mass is 10.2. The zero-order valence-corrected chi connectivity index (χ0v) is 53.4. The second-order valence-electron chi connectivity index (χ2n) is 19.5. The molecule has 24 nitrogen and oxygen atoms in total. The number of nitrogens with one attached hydrogen (secondary N) is 2. The quantitative estimate of drug-likeness (QED) is 0.00991. The molecule has 0 radical (unpaired) electrons. The number of benzene rings is 7. The summed E-state index contributed by atoms with van der Waals surface area (Å²) in [5.41, 5.74) is 10.2. The first-order valence-electron chi connectivity index (χ1n) is 29.9. The lowest BCUT2D eigenvalue weighted by molar-refractivity contribution is -0.384. The standard InChI is InChI=1S/C22H19NO5.C20H15NO5.C11H11NO4.C11H13NO2.C11H8O4/c1-2-26-20(24)13-11-16-7-6-8-17(15-16)23-22(25)19-12-14-21(28-19)27-18-9-4-3-5-10-18;22-18(23)11-9-14-5-4-6-15(13-14)21-20(24)17-10-12-19(26-17)25-16-7-2-1-3-8-16;1-2-16-11(13)7-6-9-4-3-5-10(8-9)12(14)15;1-2-14-11(13)7-6-9-4-3-5-10(12)8-9;12-11(13)9-6-7-10(15-9)14-8-4-2-1-3-5-8/h3-15H,2H2,1H3,(H,23,25);1-13H,(H,21,24)(H,22,23);3-8H,2H2,1H3;3-8H,2,12H2,1H3;1-7H,(H,12,13)/b13-11+;11-9+;2*7-6+;. The van der Waals surface area contributed by atoms with Gasteiger partial charge in [0, 0.05) is 71.7 Å². The van der Waals surface area contributed by atoms with Gasteiger partial charge in [-0.3, -0.25) is 19.7 Å². The molecular formula is C75H66N4O20. The number of carbonyl (C=O) groups is 7. The number of esters is 3. The lowest BCUT2D eigenvalue weighted by Gasteiger charge is -2.04. The van der Waals surface area contributed by atoms with Gasteiger partial charge >= 0.3 is 29.8 Å². The smallest absolute Gasteiger partial charge is 0.371 e. The minimum absolute atomic E-state index is 0.00833. The Morgan fingerprint density at radius 2 is 0.768 bits per heavy atom. The Labute approximate surface area is 567 Å². The van der Waals surface area contributed by atoms with Crippen molar-refractivity contribution >= 4 is 88.7 Å². The van der Waals surface area contributed by atoms with Crippen LogP contribution in [0.5, 0.6) is 35.1 Å². The molecule has 10 rings (SSSR count). The first kappa shape index (κ1) is 74.3. The molecule has 6 N–H and O–H groups in total. The van der Waals surface area contributed by atoms with E-state index in [-0.39, 0.29) is 46.8 Å². The van der Waals surface area contributed by atoms with Gasteiger partial charge in [-0.1, -0.05) is 103 Å². The molecule has 24 heteroatoms. The zero-order valence-electron chi connectivity index (χ0n) is 53.4. The Bertz CT molecular complexity index is 4400. The van der Waals surface area contributed by atoms with Crippen molar-refractivity contribution in [1.29, 1.82) is 0 Å². The molecule has 506 valence electrons. The SMILES string of the molecule is CCOC(=O)/C=C/c1cccc(N)c1.CCOC(=O)/C=C/c1cccc(NC(=O)c2ccc(Oc3ccccc3)o2)c1.CCOC(=O)/C=C/c1cccc([N+](=O)[O-])c1.O=C(O)/C=C/c1cccc(NC(=O)c2ccc(Oc3ccccc3)o2)c1.O=C(O)c1ccc(Oc2ccccc2)o1. The number of carboxylic acids is 2. The molecule has 0 atom stereocenters. The maximum Gasteiger partial charge on any atom is 0.371 e. The molecule has 2 amide bonds. The van der Waals surface area contributed by atoms with Crippen LogP contribution in [0.2, 0.25) is 0 Å². The molecule has 3 aromatic heterocycles. The largest absolute Gasteiger partial charge is 0.478 e. The van der Waals surface area contributed by atoms with E-state index in [0.29, 0.717) is 65.3 Å². The number of hydrogen-bond acceptors (Lipinski definition) is 19. The van der Waals surface area contributed by atoms with Crippen molar-refractivity contribution < 1.29 is 90.4 Å². The highest BCUT2D eigenvalue weighted by Gasteiger charge is 2.16. The zero-order chi connectivity index (χ0) is 71.2. The van der Waals surface area contributed by atoms with Crippen LogP contribution in [0.4, 0.5) is 22.7 Å². The number of hydrogen-bond donors (Lipinski definition) is 5. The Morgan fingerprint density at radius 1 is 0.424 bits per heavy atom. The summed E-state index contributed by atoms with van der Waals surface area (Å²) >= 11 is 0. The Kier molecular flexibility index (Phi) is 30.3. The van der Waals surface area contributed by atoms with Crippen molar-refractivity contribution in [3.8, 4) is 35.1 Å². The van der Waals surface area contributed by atoms with Crippen molar-refractivity contribution in [2.75, 3.05) is 36.2 Å². The number of aliphatic carboxylic acids is 1. The third kappa shape index (κ3) is 28.2. The van der Waals surface area contributed by atoms with E-state index >= 15 is 0 Å². The summed E-state index contributed by atoms with van der Waals surface area (Å²) in [5, 5.41) is 33.2. The van der Waals surface area contributed by atoms with E-state index in [2.05, 4.69) is 15.4 Å². The van der Waals surface area contributed by atoms with Crippen molar-refractivity contribution in [3.05, 3.63) is 298 Å². The fraction of sp³-hybridized carbons (Fsp3) is 0.0800. The van der Waals surface area contributed by atoms with E-state index in [1.165, 1.54) is 66.8 Å². The number of rotatable bonds is 23. The summed E-state index contributed by atoms with van der Waals surface area (Å²) in [6.07, 6.45) is 11.2. The molecular weight excluding hydrogens is 1280 g/mol. The number of nitro groups is 1. The minimum Gasteiger partial charge on any atom is -0.478 e. The summed E-state index contributed by atoms with van der Waals surface area (Å²) in [6.45, 7) is 6.23. The molecule has 0 aliphatic carbocycles. The molecule has 7 aromatic carbocycles. The van der Waals surface area contributed by atoms with E-state index in [9.17, 15) is 43.7 Å². The summed E-state index contributed by atoms with van der Waals surface area (Å²) in [5.74, 6) is -1.72. The number of furan rings is 3. The number of nitro benzene ring substituents is 1. The molecule has 0 unspecified atom stereocenters. The van der Waals surface area contributed by atoms with E-state index in [0.717, 1.165) is 17.2 Å². The second kappa shape index (κ2) is 40.4. The van der Waals surface area contributed by atoms with Crippen LogP contribution in [0.1, 0.15) is 74.7 Å². The molecule has 0 spiro atoms. The van der Waals surface area contributed by atoms with Gasteiger partial charge in [-0.05, 0) is 158 Å². The number of para-hydroxylation sites is 3. The topological polar surface area (TPSA) is 348 Å². The van der Waals surface area contributed by atoms with Crippen LogP contribution in [0.3, 0.4) is 0 Å². The average molecular weight is 1340 g/mol. The number of carboxylic acid groups (broad SMARTS) is 2. The predicted octanol–water partition coefficient (Wildman–Crippen LogP) is 16.1. The van der Waals surface area contributed by atoms with Crippen LogP contribution in [0.25, 0.3) is 24.3 Å². The third-order valence-electron chi connectivity index (χ3n) is 12.1. The van der Waals surface area contributed by atoms with Gasteiger partial charge in [-0.15, -0.1) is 0 Å². The Hall–Kier alpha value is -13.8. The van der Waals surface area contributed by atoms with E-state index in [1.807, 2.05) is 72.8 Å². The third-order valence-corrected chi connectivity index (χ3v) is 12.1. The minimum atomic E-state index is -1.11. The van der Waals surface area contributed by atoms with E-state index in [4.69, 9.17) is 52.9 Å². The summed E-state index contributed by atoms with van der Waals surface area (Å²) in [7, 11) is 0. The van der Waals surface area contributed by atoms with Crippen LogP contribution in [-0.2, 0) is 33.4 Å². The summed E-state index contributed by atoms with van der Waals surface area (Å²) in [6, 6.07) is 63.4. The van der Waals surface area contributed by atoms with Gasteiger partial charge in [0.25, 0.3) is 35.3 Å². The molecule has 0 saturated carbocycles. The Balaban J connectivity index is 0.000000201. The van der Waals surface area contributed by atoms with Gasteiger partial charge in [-0.2, -0.15) is 0 Å². The number of aromatic carboxylic acids is 1. The second-order valence-corrected chi connectivity index (χ2v) is 19.5. The molecule has 99 heavy (non-hydrogen) atoms. The number of ether oxygens (including phenoxy) is 6. The van der Waals surface area contributed by atoms with Crippen molar-refractivity contribution in [2.24, 2.45) is 0 Å². The van der Waals surface area contributed by atoms with Crippen molar-refractivity contribution in [1.82, 2.24) is 0 Å². The van der Waals surface area contributed by atoms with Crippen LogP contribution < -0.4 is 30.6 Å². The molecule has 0 fully saturated rings. The lowest BCUT2D eigenvalue weighted by Crippen LogP contribution is -2.10. The highest BCUT2D eigenvalue weighted by molar-refractivity contribution is 6.03. The molecule has 10 aromatic rings. The fourth-order valence-corrected chi connectivity index (χ4v) is 7.76. The van der Waals surface area contributed by atoms with Gasteiger partial charge in [0.05, 0.1) is 24.7 Å². The first-order chi connectivity index (χ1) is 47.8. The van der Waals surface area contributed by atoms with E-state index in [1.54, 1.807) is 148 Å². The maximum absolute atomic E-state index is 12.4. The van der Waals surface area contributed by atoms with Crippen LogP contribution in [0.15, 0.2) is 262 Å². The van der Waals surface area contributed by atoms with Crippen LogP contribution in [0, 0.1) is 10.1 Å². The number of amides is 2. The van der Waals surface area contributed by atoms with Crippen molar-refractivity contribution in [3.63, 3.8) is 0 Å². The van der Waals surface area contributed by atoms with Gasteiger partial charge in [0.2, 0.25) is 5.76 Å². The number of nitrogen functional groups attached to an aromatic ring is 1. The predicted molar refractivity (Wildman–Crippen MR) is 369 cm³/mol. The highest BCUT2D eigenvalue weighted by Crippen LogP contribution is 2.27. The number of nitrogens with two attached hydrogens (primary N) is 1. The number of non-ortho nitro benzene ring substituents is 1. The highest BCUT2D eigenvalue weighted by atomic mass is 16.6. The van der Waals surface area contributed by atoms with Gasteiger partial charge in [-0.25, -0.2) is 24.0 Å². The fourth-order valence-electron chi connectivity index (χ4n) is 7.76. The summed E-state index contributed by atoms with van der Waals surface area (Å²) in [4.78, 5) is 89.1. The average Bonchev–Trinajstić information content (AvgIpc) is 1.81. The number of anilines is 3. The van der Waals surface area contributed by atoms with Gasteiger partial charge in [0.1, 0.15) is 17.2 Å². The molecule has 0 aliphatic heterocycles. The van der Waals surface area contributed by atoms with Gasteiger partial charge in [0.15, 0.2) is 11.5 Å². The molecule has 0 aliphatic rings. The Morgan fingerprint density at radius 3 is 1.12 bits per heavy atom. The molecule has 3 heterocycles. The molecule has 0 bridgehead atoms. The maximum atomic E-state index is 12.4. The van der Waals surface area contributed by atoms with E-state index < -0.39 is 40.6 Å². The number of nitrogens with zero attached hydrogens (tertiary/aromatic N) is 1. The number of carbonyl (C=O) groups excluding carboxylic acids is 5. The summed E-state index contributed by atoms with van der Waals surface area (Å²) < 4.78 is 46.4. The monoisotopic (exact) mass is 1340 g/mol. The van der Waals surface area contributed by atoms with Crippen molar-refractivity contribution in [2.45, 2.75) is 20.8 Å². The normalized spacial score (nSPS) is 10.4. The van der Waals surface area contributed by atoms with Crippen LogP contribution in [-0.4, -0.2) is 76.6 Å². The molecule has 0 saturated heterocycles. The first-order valence-corrected chi connectivity index (χ1v) is 29.9.